The van der Waals surface area contributed by atoms with E-state index in [4.69, 9.17) is 18.9 Å². The number of benzene rings is 4. The molecule has 0 aromatic heterocycles. The second-order valence-corrected chi connectivity index (χ2v) is 12.6. The van der Waals surface area contributed by atoms with E-state index in [1.807, 2.05) is 66.7 Å². The Bertz CT molecular complexity index is 1610. The van der Waals surface area contributed by atoms with Crippen LogP contribution in [0, 0.1) is 0 Å². The minimum Gasteiger partial charge on any atom is -0.392 e. The largest absolute Gasteiger partial charge is 0.392 e. The van der Waals surface area contributed by atoms with Gasteiger partial charge in [0.25, 0.3) is 5.91 Å². The molecule has 0 saturated carbocycles. The van der Waals surface area contributed by atoms with Crippen molar-refractivity contribution in [2.75, 3.05) is 32.8 Å². The lowest BCUT2D eigenvalue weighted by Gasteiger charge is -2.41. The molecule has 0 radical (unpaired) electrons. The smallest absolute Gasteiger partial charge is 0.251 e. The zero-order valence-electron chi connectivity index (χ0n) is 26.6. The molecule has 3 heterocycles. The lowest BCUT2D eigenvalue weighted by atomic mass is 9.98. The molecule has 0 unspecified atom stereocenters. The van der Waals surface area contributed by atoms with E-state index >= 15 is 0 Å². The second kappa shape index (κ2) is 14.5. The van der Waals surface area contributed by atoms with E-state index in [1.54, 1.807) is 0 Å². The SMILES string of the molecule is O=C(NCc1cccc(-c2ccc([C@H]3O[C@@H](CN4CCC5(CC4)OCCO5)C[C@@H](c4ccc(CO)cc4)O3)cc2)c1)c1ccccc1. The summed E-state index contributed by atoms with van der Waals surface area (Å²) >= 11 is 0. The topological polar surface area (TPSA) is 89.5 Å². The molecule has 1 amide bonds. The number of carbonyl (C=O) groups excluding carboxylic acids is 1. The van der Waals surface area contributed by atoms with Crippen LogP contribution in [0.3, 0.4) is 0 Å². The Kier molecular flexibility index (Phi) is 9.76. The molecule has 2 N–H and O–H groups in total. The predicted octanol–water partition coefficient (Wildman–Crippen LogP) is 6.16. The van der Waals surface area contributed by atoms with Crippen LogP contribution < -0.4 is 5.32 Å². The Morgan fingerprint density at radius 1 is 0.787 bits per heavy atom. The Balaban J connectivity index is 1.03. The van der Waals surface area contributed by atoms with Crippen LogP contribution in [-0.4, -0.2) is 60.7 Å². The summed E-state index contributed by atoms with van der Waals surface area (Å²) in [6, 6.07) is 33.9. The monoisotopic (exact) mass is 634 g/mol. The number of rotatable bonds is 9. The van der Waals surface area contributed by atoms with E-state index in [9.17, 15) is 9.90 Å². The summed E-state index contributed by atoms with van der Waals surface area (Å²) in [5.41, 5.74) is 6.76. The average Bonchev–Trinajstić information content (AvgIpc) is 3.60. The minimum atomic E-state index is -0.512. The standard InChI is InChI=1S/C39H42N2O6/c42-27-28-9-11-31(12-10-28)36-24-35(26-41-19-17-39(18-20-41)44-21-22-45-39)46-38(47-36)33-15-13-30(14-16-33)34-8-4-5-29(23-34)25-40-37(43)32-6-2-1-3-7-32/h1-16,23,35-36,38,42H,17-22,24-27H2,(H,40,43)/t35-,36+,38+/m1/s1. The molecule has 0 bridgehead atoms. The van der Waals surface area contributed by atoms with Gasteiger partial charge in [-0.15, -0.1) is 0 Å². The molecule has 244 valence electrons. The van der Waals surface area contributed by atoms with E-state index in [2.05, 4.69) is 46.6 Å². The van der Waals surface area contributed by atoms with E-state index in [-0.39, 0.29) is 24.7 Å². The highest BCUT2D eigenvalue weighted by Crippen LogP contribution is 2.39. The first-order chi connectivity index (χ1) is 23.1. The summed E-state index contributed by atoms with van der Waals surface area (Å²) in [6.07, 6.45) is 1.82. The molecule has 4 aromatic rings. The van der Waals surface area contributed by atoms with Gasteiger partial charge in [0.2, 0.25) is 0 Å². The third-order valence-corrected chi connectivity index (χ3v) is 9.44. The van der Waals surface area contributed by atoms with Gasteiger partial charge in [-0.1, -0.05) is 84.9 Å². The van der Waals surface area contributed by atoms with Crippen molar-refractivity contribution in [2.24, 2.45) is 0 Å². The molecule has 3 atom stereocenters. The van der Waals surface area contributed by atoms with Gasteiger partial charge in [0.1, 0.15) is 0 Å². The molecule has 3 saturated heterocycles. The van der Waals surface area contributed by atoms with Crippen LogP contribution in [0.4, 0.5) is 0 Å². The van der Waals surface area contributed by atoms with E-state index in [1.165, 1.54) is 0 Å². The molecule has 8 nitrogen and oxygen atoms in total. The van der Waals surface area contributed by atoms with Gasteiger partial charge in [-0.25, -0.2) is 0 Å². The van der Waals surface area contributed by atoms with Gasteiger partial charge in [-0.3, -0.25) is 4.79 Å². The number of aliphatic hydroxyl groups is 1. The summed E-state index contributed by atoms with van der Waals surface area (Å²) in [4.78, 5) is 15.0. The number of nitrogens with one attached hydrogen (secondary N) is 1. The number of likely N-dealkylation sites (tertiary alicyclic amines) is 1. The highest BCUT2D eigenvalue weighted by Gasteiger charge is 2.41. The highest BCUT2D eigenvalue weighted by molar-refractivity contribution is 5.94. The van der Waals surface area contributed by atoms with E-state index < -0.39 is 12.1 Å². The fourth-order valence-corrected chi connectivity index (χ4v) is 6.75. The van der Waals surface area contributed by atoms with Crippen LogP contribution in [0.1, 0.15) is 64.3 Å². The molecule has 3 aliphatic heterocycles. The molecule has 0 aliphatic carbocycles. The number of amides is 1. The molecular formula is C39H42N2O6. The Labute approximate surface area is 276 Å². The second-order valence-electron chi connectivity index (χ2n) is 12.6. The van der Waals surface area contributed by atoms with E-state index in [0.29, 0.717) is 25.3 Å². The van der Waals surface area contributed by atoms with E-state index in [0.717, 1.165) is 72.3 Å². The summed E-state index contributed by atoms with van der Waals surface area (Å²) in [6.45, 7) is 4.45. The van der Waals surface area contributed by atoms with Crippen molar-refractivity contribution < 1.29 is 28.8 Å². The first-order valence-electron chi connectivity index (χ1n) is 16.6. The molecule has 7 rings (SSSR count). The summed E-state index contributed by atoms with van der Waals surface area (Å²) in [7, 11) is 0. The van der Waals surface area contributed by atoms with Gasteiger partial charge in [0, 0.05) is 56.6 Å². The average molecular weight is 635 g/mol. The van der Waals surface area contributed by atoms with Crippen molar-refractivity contribution >= 4 is 5.91 Å². The van der Waals surface area contributed by atoms with Gasteiger partial charge >= 0.3 is 0 Å². The van der Waals surface area contributed by atoms with Crippen molar-refractivity contribution in [3.63, 3.8) is 0 Å². The van der Waals surface area contributed by atoms with Crippen molar-refractivity contribution in [3.05, 3.63) is 131 Å². The zero-order valence-corrected chi connectivity index (χ0v) is 26.6. The first-order valence-corrected chi connectivity index (χ1v) is 16.6. The van der Waals surface area contributed by atoms with Crippen LogP contribution in [0.25, 0.3) is 11.1 Å². The predicted molar refractivity (Wildman–Crippen MR) is 178 cm³/mol. The van der Waals surface area contributed by atoms with Crippen LogP contribution >= 0.6 is 0 Å². The molecule has 1 spiro atoms. The third kappa shape index (κ3) is 7.65. The number of hydrogen-bond donors (Lipinski definition) is 2. The molecule has 3 aliphatic rings. The Morgan fingerprint density at radius 3 is 2.23 bits per heavy atom. The van der Waals surface area contributed by atoms with Crippen LogP contribution in [-0.2, 0) is 32.1 Å². The van der Waals surface area contributed by atoms with Gasteiger partial charge < -0.3 is 34.3 Å². The Hall–Kier alpha value is -3.89. The lowest BCUT2D eigenvalue weighted by Crippen LogP contribution is -2.48. The number of aliphatic hydroxyl groups excluding tert-OH is 1. The number of piperidine rings is 1. The van der Waals surface area contributed by atoms with Gasteiger partial charge in [0.15, 0.2) is 12.1 Å². The molecule has 8 heteroatoms. The number of ether oxygens (including phenoxy) is 4. The Morgan fingerprint density at radius 2 is 1.51 bits per heavy atom. The molecule has 4 aromatic carbocycles. The van der Waals surface area contributed by atoms with Crippen molar-refractivity contribution in [1.82, 2.24) is 10.2 Å². The lowest BCUT2D eigenvalue weighted by molar-refractivity contribution is -0.255. The summed E-state index contributed by atoms with van der Waals surface area (Å²) in [5, 5.41) is 12.6. The third-order valence-electron chi connectivity index (χ3n) is 9.44. The van der Waals surface area contributed by atoms with Gasteiger partial charge in [0.05, 0.1) is 32.0 Å². The first kappa shape index (κ1) is 31.7. The summed E-state index contributed by atoms with van der Waals surface area (Å²) in [5.74, 6) is -0.487. The van der Waals surface area contributed by atoms with Gasteiger partial charge in [-0.05, 0) is 46.0 Å². The van der Waals surface area contributed by atoms with Crippen LogP contribution in [0.15, 0.2) is 103 Å². The van der Waals surface area contributed by atoms with Crippen molar-refractivity contribution in [2.45, 2.75) is 56.7 Å². The fraction of sp³-hybridized carbons (Fsp3) is 0.359. The van der Waals surface area contributed by atoms with Crippen LogP contribution in [0.2, 0.25) is 0 Å². The molecule has 47 heavy (non-hydrogen) atoms. The fourth-order valence-electron chi connectivity index (χ4n) is 6.75. The minimum absolute atomic E-state index is 0.0155. The molecular weight excluding hydrogens is 592 g/mol. The maximum absolute atomic E-state index is 12.5. The van der Waals surface area contributed by atoms with Crippen LogP contribution in [0.5, 0.6) is 0 Å². The quantitative estimate of drug-likeness (QED) is 0.228. The van der Waals surface area contributed by atoms with Gasteiger partial charge in [-0.2, -0.15) is 0 Å². The van der Waals surface area contributed by atoms with Crippen molar-refractivity contribution in [1.29, 1.82) is 0 Å². The maximum atomic E-state index is 12.5. The van der Waals surface area contributed by atoms with Crippen molar-refractivity contribution in [3.8, 4) is 11.1 Å². The normalized spacial score (nSPS) is 22.7. The number of hydrogen-bond acceptors (Lipinski definition) is 7. The number of nitrogens with zero attached hydrogens (tertiary/aromatic N) is 1. The maximum Gasteiger partial charge on any atom is 0.251 e. The highest BCUT2D eigenvalue weighted by atomic mass is 16.7. The zero-order chi connectivity index (χ0) is 32.1. The number of carbonyl (C=O) groups is 1. The summed E-state index contributed by atoms with van der Waals surface area (Å²) < 4.78 is 25.1. The molecule has 3 fully saturated rings.